The number of thiol groups is 1. The zero-order chi connectivity index (χ0) is 14.6. The smallest absolute Gasteiger partial charge is 0.219 e. The van der Waals surface area contributed by atoms with Crippen LogP contribution in [0.5, 0.6) is 0 Å². The zero-order valence-electron chi connectivity index (χ0n) is 12.4. The summed E-state index contributed by atoms with van der Waals surface area (Å²) in [6.07, 6.45) is 8.17. The molecule has 0 aliphatic rings. The van der Waals surface area contributed by atoms with Gasteiger partial charge in [-0.2, -0.15) is 0 Å². The molecule has 1 unspecified atom stereocenters. The molecule has 0 bridgehead atoms. The summed E-state index contributed by atoms with van der Waals surface area (Å²) in [5, 5.41) is -0.223. The molecular formula is C17H26O2S. The molecule has 112 valence electrons. The quantitative estimate of drug-likeness (QED) is 0.461. The van der Waals surface area contributed by atoms with E-state index in [1.54, 1.807) is 0 Å². The summed E-state index contributed by atoms with van der Waals surface area (Å²) in [4.78, 5) is 11.5. The van der Waals surface area contributed by atoms with Crippen LogP contribution in [0.25, 0.3) is 0 Å². The lowest BCUT2D eigenvalue weighted by molar-refractivity contribution is -0.121. The Hall–Kier alpha value is -0.800. The number of unbranched alkanes of at least 4 members (excludes halogenated alkanes) is 6. The van der Waals surface area contributed by atoms with Crippen LogP contribution in [-0.2, 0) is 9.53 Å². The highest BCUT2D eigenvalue weighted by Gasteiger charge is 2.17. The third-order valence-corrected chi connectivity index (χ3v) is 3.59. The summed E-state index contributed by atoms with van der Waals surface area (Å²) < 4.78 is 5.69. The minimum atomic E-state index is -0.528. The van der Waals surface area contributed by atoms with E-state index in [1.807, 2.05) is 30.3 Å². The predicted molar refractivity (Wildman–Crippen MR) is 87.1 cm³/mol. The lowest BCUT2D eigenvalue weighted by Gasteiger charge is -2.14. The summed E-state index contributed by atoms with van der Waals surface area (Å²) >= 11 is 3.92. The standard InChI is InChI=1S/C17H26O2S/c1-2-3-4-5-6-7-11-14-19-16(17(18)20)15-12-9-8-10-13-15/h8-10,12-13,16H,2-7,11,14H2,1H3,(H,18,20). The van der Waals surface area contributed by atoms with Crippen LogP contribution in [0.1, 0.15) is 63.5 Å². The molecule has 0 saturated heterocycles. The van der Waals surface area contributed by atoms with Gasteiger partial charge >= 0.3 is 0 Å². The highest BCUT2D eigenvalue weighted by Crippen LogP contribution is 2.20. The molecular weight excluding hydrogens is 268 g/mol. The summed E-state index contributed by atoms with van der Waals surface area (Å²) in [6.45, 7) is 2.85. The first-order valence-corrected chi connectivity index (χ1v) is 8.09. The predicted octanol–water partition coefficient (Wildman–Crippen LogP) is 4.95. The van der Waals surface area contributed by atoms with E-state index in [4.69, 9.17) is 4.74 Å². The molecule has 1 rings (SSSR count). The third-order valence-electron chi connectivity index (χ3n) is 3.36. The van der Waals surface area contributed by atoms with Crippen LogP contribution in [0, 0.1) is 0 Å². The fraction of sp³-hybridized carbons (Fsp3) is 0.588. The molecule has 0 radical (unpaired) electrons. The van der Waals surface area contributed by atoms with E-state index in [0.29, 0.717) is 6.61 Å². The van der Waals surface area contributed by atoms with Crippen molar-refractivity contribution in [2.24, 2.45) is 0 Å². The number of carbonyl (C=O) groups is 1. The third kappa shape index (κ3) is 7.11. The molecule has 0 heterocycles. The molecule has 1 atom stereocenters. The normalized spacial score (nSPS) is 12.3. The molecule has 1 aromatic rings. The fourth-order valence-electron chi connectivity index (χ4n) is 2.20. The van der Waals surface area contributed by atoms with Crippen molar-refractivity contribution in [1.29, 1.82) is 0 Å². The van der Waals surface area contributed by atoms with Crippen molar-refractivity contribution in [2.75, 3.05) is 6.61 Å². The monoisotopic (exact) mass is 294 g/mol. The van der Waals surface area contributed by atoms with Crippen LogP contribution in [0.2, 0.25) is 0 Å². The van der Waals surface area contributed by atoms with Gasteiger partial charge in [-0.1, -0.05) is 75.8 Å². The molecule has 0 fully saturated rings. The van der Waals surface area contributed by atoms with Gasteiger partial charge in [-0.3, -0.25) is 4.79 Å². The average molecular weight is 294 g/mol. The number of hydrogen-bond donors (Lipinski definition) is 1. The van der Waals surface area contributed by atoms with Crippen LogP contribution in [-0.4, -0.2) is 11.7 Å². The first-order chi connectivity index (χ1) is 9.75. The lowest BCUT2D eigenvalue weighted by atomic mass is 10.1. The van der Waals surface area contributed by atoms with Gasteiger partial charge in [-0.25, -0.2) is 0 Å². The number of carbonyl (C=O) groups excluding carboxylic acids is 1. The number of ether oxygens (including phenoxy) is 1. The molecule has 20 heavy (non-hydrogen) atoms. The van der Waals surface area contributed by atoms with Crippen molar-refractivity contribution in [2.45, 2.75) is 58.0 Å². The van der Waals surface area contributed by atoms with Gasteiger partial charge < -0.3 is 4.74 Å². The Morgan fingerprint density at radius 1 is 1.05 bits per heavy atom. The van der Waals surface area contributed by atoms with Gasteiger partial charge in [-0.05, 0) is 12.0 Å². The fourth-order valence-corrected chi connectivity index (χ4v) is 2.42. The van der Waals surface area contributed by atoms with Crippen molar-refractivity contribution in [3.8, 4) is 0 Å². The maximum atomic E-state index is 11.5. The molecule has 3 heteroatoms. The van der Waals surface area contributed by atoms with Crippen molar-refractivity contribution in [3.05, 3.63) is 35.9 Å². The van der Waals surface area contributed by atoms with Gasteiger partial charge in [0.05, 0.1) is 0 Å². The summed E-state index contributed by atoms with van der Waals surface area (Å²) in [6, 6.07) is 9.57. The Morgan fingerprint density at radius 2 is 1.65 bits per heavy atom. The Kier molecular flexibility index (Phi) is 9.42. The van der Waals surface area contributed by atoms with Crippen LogP contribution >= 0.6 is 12.6 Å². The van der Waals surface area contributed by atoms with Crippen molar-refractivity contribution in [3.63, 3.8) is 0 Å². The lowest BCUT2D eigenvalue weighted by Crippen LogP contribution is -2.12. The Bertz CT molecular complexity index is 365. The van der Waals surface area contributed by atoms with E-state index >= 15 is 0 Å². The van der Waals surface area contributed by atoms with Gasteiger partial charge in [-0.15, -0.1) is 12.6 Å². The maximum absolute atomic E-state index is 11.5. The van der Waals surface area contributed by atoms with Crippen molar-refractivity contribution < 1.29 is 9.53 Å². The van der Waals surface area contributed by atoms with Gasteiger partial charge in [0.25, 0.3) is 0 Å². The SMILES string of the molecule is CCCCCCCCCOC(C(=O)S)c1ccccc1. The van der Waals surface area contributed by atoms with Gasteiger partial charge in [0.15, 0.2) is 6.10 Å². The molecule has 0 saturated carbocycles. The van der Waals surface area contributed by atoms with Crippen LogP contribution in [0.4, 0.5) is 0 Å². The van der Waals surface area contributed by atoms with E-state index < -0.39 is 6.10 Å². The molecule has 0 spiro atoms. The van der Waals surface area contributed by atoms with E-state index in [0.717, 1.165) is 12.0 Å². The minimum Gasteiger partial charge on any atom is -0.365 e. The van der Waals surface area contributed by atoms with Gasteiger partial charge in [0.2, 0.25) is 5.12 Å². The zero-order valence-corrected chi connectivity index (χ0v) is 13.3. The first-order valence-electron chi connectivity index (χ1n) is 7.65. The molecule has 0 aliphatic heterocycles. The number of hydrogen-bond acceptors (Lipinski definition) is 2. The number of rotatable bonds is 11. The highest BCUT2D eigenvalue weighted by molar-refractivity contribution is 7.96. The van der Waals surface area contributed by atoms with Crippen molar-refractivity contribution in [1.82, 2.24) is 0 Å². The Labute approximate surface area is 128 Å². The second-order valence-corrected chi connectivity index (χ2v) is 5.56. The summed E-state index contributed by atoms with van der Waals surface area (Å²) in [7, 11) is 0. The molecule has 1 aromatic carbocycles. The molecule has 2 nitrogen and oxygen atoms in total. The Balaban J connectivity index is 2.19. The molecule has 0 N–H and O–H groups in total. The molecule has 0 aliphatic carbocycles. The van der Waals surface area contributed by atoms with E-state index in [9.17, 15) is 4.79 Å². The molecule has 0 aromatic heterocycles. The topological polar surface area (TPSA) is 26.3 Å². The number of benzene rings is 1. The van der Waals surface area contributed by atoms with Gasteiger partial charge in [0.1, 0.15) is 0 Å². The van der Waals surface area contributed by atoms with Crippen LogP contribution < -0.4 is 0 Å². The Morgan fingerprint density at radius 3 is 2.25 bits per heavy atom. The largest absolute Gasteiger partial charge is 0.365 e. The van der Waals surface area contributed by atoms with Gasteiger partial charge in [0, 0.05) is 6.61 Å². The first kappa shape index (κ1) is 17.3. The maximum Gasteiger partial charge on any atom is 0.219 e. The van der Waals surface area contributed by atoms with Crippen LogP contribution in [0.3, 0.4) is 0 Å². The van der Waals surface area contributed by atoms with E-state index in [2.05, 4.69) is 19.6 Å². The second-order valence-electron chi connectivity index (χ2n) is 5.12. The minimum absolute atomic E-state index is 0.223. The summed E-state index contributed by atoms with van der Waals surface area (Å²) in [5.41, 5.74) is 0.885. The van der Waals surface area contributed by atoms with E-state index in [1.165, 1.54) is 38.5 Å². The molecule has 0 amide bonds. The summed E-state index contributed by atoms with van der Waals surface area (Å²) in [5.74, 6) is 0. The van der Waals surface area contributed by atoms with Crippen molar-refractivity contribution >= 4 is 17.7 Å². The second kappa shape index (κ2) is 10.9. The highest BCUT2D eigenvalue weighted by atomic mass is 32.1. The average Bonchev–Trinajstić information content (AvgIpc) is 2.46. The van der Waals surface area contributed by atoms with E-state index in [-0.39, 0.29) is 5.12 Å². The van der Waals surface area contributed by atoms with Crippen LogP contribution in [0.15, 0.2) is 30.3 Å².